The van der Waals surface area contributed by atoms with E-state index in [1.165, 1.54) is 52.2 Å². The first-order valence-corrected chi connectivity index (χ1v) is 16.2. The number of amides is 2. The average Bonchev–Trinajstić information content (AvgIpc) is 3.64. The number of aromatic nitrogens is 4. The van der Waals surface area contributed by atoms with Crippen molar-refractivity contribution in [3.8, 4) is 28.5 Å². The van der Waals surface area contributed by atoms with Crippen LogP contribution in [-0.4, -0.2) is 38.3 Å². The summed E-state index contributed by atoms with van der Waals surface area (Å²) in [6.07, 6.45) is -1.61. The molecule has 0 bridgehead atoms. The van der Waals surface area contributed by atoms with Gasteiger partial charge in [0.2, 0.25) is 0 Å². The number of nitrogens with one attached hydrogen (secondary N) is 1. The van der Waals surface area contributed by atoms with Gasteiger partial charge in [0.05, 0.1) is 11.4 Å². The first-order valence-electron chi connectivity index (χ1n) is 15.3. The zero-order valence-electron chi connectivity index (χ0n) is 26.9. The number of carbonyl (C=O) groups is 1. The Hall–Kier alpha value is -4.71. The summed E-state index contributed by atoms with van der Waals surface area (Å²) in [4.78, 5) is 22.2. The summed E-state index contributed by atoms with van der Waals surface area (Å²) < 4.78 is 44.8. The normalized spacial score (nSPS) is 12.8. The number of ether oxygens (including phenoxy) is 1. The van der Waals surface area contributed by atoms with E-state index in [4.69, 9.17) is 0 Å². The van der Waals surface area contributed by atoms with E-state index in [2.05, 4.69) is 75.6 Å². The number of halogens is 3. The van der Waals surface area contributed by atoms with Crippen LogP contribution in [0.5, 0.6) is 5.75 Å². The van der Waals surface area contributed by atoms with Gasteiger partial charge in [0.25, 0.3) is 0 Å². The molecule has 0 aliphatic rings. The fourth-order valence-electron chi connectivity index (χ4n) is 5.27. The Morgan fingerprint density at radius 1 is 1.02 bits per heavy atom. The predicted molar refractivity (Wildman–Crippen MR) is 177 cm³/mol. The van der Waals surface area contributed by atoms with E-state index in [-0.39, 0.29) is 11.8 Å². The van der Waals surface area contributed by atoms with Crippen molar-refractivity contribution in [3.63, 3.8) is 0 Å². The van der Waals surface area contributed by atoms with Crippen molar-refractivity contribution < 1.29 is 22.7 Å². The highest BCUT2D eigenvalue weighted by Crippen LogP contribution is 2.26. The van der Waals surface area contributed by atoms with Gasteiger partial charge in [0.15, 0.2) is 10.6 Å². The lowest BCUT2D eigenvalue weighted by Crippen LogP contribution is -2.26. The Morgan fingerprint density at radius 3 is 2.43 bits per heavy atom. The standard InChI is InChI=1S/C35H37F3N6O2S/c1-22(2)30-15-6-23(3)19-31(30)44-25(5)20-47-34(44)41-33(45)39-17-16-24(4)18-26-7-9-27(10-8-26)32-40-21-43(42-32)28-11-13-29(14-12-28)46-35(36,37)38/h6-15,19-22,24H,16-18H2,1-5H3,(H,39,45)/b41-34-. The Kier molecular flexibility index (Phi) is 10.3. The van der Waals surface area contributed by atoms with Gasteiger partial charge in [-0.15, -0.1) is 29.6 Å². The molecule has 12 heteroatoms. The molecule has 246 valence electrons. The molecular formula is C35H37F3N6O2S. The summed E-state index contributed by atoms with van der Waals surface area (Å²) in [5.41, 5.74) is 6.97. The Morgan fingerprint density at radius 2 is 1.74 bits per heavy atom. The van der Waals surface area contributed by atoms with Crippen molar-refractivity contribution >= 4 is 17.4 Å². The zero-order valence-corrected chi connectivity index (χ0v) is 27.7. The molecule has 0 saturated heterocycles. The number of urea groups is 1. The van der Waals surface area contributed by atoms with Gasteiger partial charge in [-0.25, -0.2) is 14.5 Å². The lowest BCUT2D eigenvalue weighted by Gasteiger charge is -2.16. The molecule has 0 aliphatic carbocycles. The molecule has 0 radical (unpaired) electrons. The third-order valence-electron chi connectivity index (χ3n) is 7.66. The molecule has 1 unspecified atom stereocenters. The van der Waals surface area contributed by atoms with Gasteiger partial charge in [-0.05, 0) is 85.5 Å². The molecule has 2 heterocycles. The minimum atomic E-state index is -4.74. The topological polar surface area (TPSA) is 86.3 Å². The molecule has 8 nitrogen and oxygen atoms in total. The second kappa shape index (κ2) is 14.4. The SMILES string of the molecule is Cc1ccc(C(C)C)c(-n2c(C)cs/c2=N\C(=O)NCCC(C)Cc2ccc(-c3ncn(-c4ccc(OC(F)(F)F)cc4)n3)cc2)c1. The Balaban J connectivity index is 1.15. The van der Waals surface area contributed by atoms with Crippen molar-refractivity contribution in [2.45, 2.75) is 59.7 Å². The number of aryl methyl sites for hydroxylation is 2. The fourth-order valence-corrected chi connectivity index (χ4v) is 6.13. The molecule has 0 saturated carbocycles. The van der Waals surface area contributed by atoms with Crippen molar-refractivity contribution in [2.75, 3.05) is 6.54 Å². The summed E-state index contributed by atoms with van der Waals surface area (Å²) >= 11 is 1.46. The number of rotatable bonds is 10. The number of carbonyl (C=O) groups excluding carboxylic acids is 1. The highest BCUT2D eigenvalue weighted by atomic mass is 32.1. The summed E-state index contributed by atoms with van der Waals surface area (Å²) in [7, 11) is 0. The van der Waals surface area contributed by atoms with Crippen LogP contribution in [0.1, 0.15) is 55.5 Å². The summed E-state index contributed by atoms with van der Waals surface area (Å²) in [5.74, 6) is 0.842. The number of hydrogen-bond acceptors (Lipinski definition) is 5. The molecule has 47 heavy (non-hydrogen) atoms. The molecule has 5 rings (SSSR count). The minimum Gasteiger partial charge on any atom is -0.406 e. The lowest BCUT2D eigenvalue weighted by atomic mass is 9.97. The van der Waals surface area contributed by atoms with Crippen LogP contribution in [0.25, 0.3) is 22.8 Å². The monoisotopic (exact) mass is 662 g/mol. The Labute approximate surface area is 275 Å². The predicted octanol–water partition coefficient (Wildman–Crippen LogP) is 8.30. The number of alkyl halides is 3. The molecule has 3 aromatic carbocycles. The van der Waals surface area contributed by atoms with Crippen molar-refractivity contribution in [1.29, 1.82) is 0 Å². The average molecular weight is 663 g/mol. The molecule has 2 amide bonds. The molecule has 2 aromatic heterocycles. The van der Waals surface area contributed by atoms with E-state index in [1.54, 1.807) is 0 Å². The minimum absolute atomic E-state index is 0.302. The van der Waals surface area contributed by atoms with E-state index in [0.29, 0.717) is 34.7 Å². The quantitative estimate of drug-likeness (QED) is 0.163. The largest absolute Gasteiger partial charge is 0.573 e. The van der Waals surface area contributed by atoms with E-state index >= 15 is 0 Å². The van der Waals surface area contributed by atoms with Gasteiger partial charge in [0, 0.05) is 23.2 Å². The molecule has 1 atom stereocenters. The molecule has 0 fully saturated rings. The lowest BCUT2D eigenvalue weighted by molar-refractivity contribution is -0.274. The van der Waals surface area contributed by atoms with Crippen LogP contribution in [-0.2, 0) is 6.42 Å². The van der Waals surface area contributed by atoms with Crippen LogP contribution in [0.15, 0.2) is 83.4 Å². The molecular weight excluding hydrogens is 625 g/mol. The van der Waals surface area contributed by atoms with Gasteiger partial charge >= 0.3 is 12.4 Å². The second-order valence-corrected chi connectivity index (χ2v) is 12.7. The maximum Gasteiger partial charge on any atom is 0.573 e. The molecule has 5 aromatic rings. The second-order valence-electron chi connectivity index (χ2n) is 11.9. The summed E-state index contributed by atoms with van der Waals surface area (Å²) in [6, 6.07) is 19.4. The maximum absolute atomic E-state index is 12.8. The van der Waals surface area contributed by atoms with Crippen LogP contribution in [0.2, 0.25) is 0 Å². The van der Waals surface area contributed by atoms with Gasteiger partial charge in [-0.1, -0.05) is 57.2 Å². The number of nitrogens with zero attached hydrogens (tertiary/aromatic N) is 5. The van der Waals surface area contributed by atoms with Crippen LogP contribution in [0.3, 0.4) is 0 Å². The molecule has 1 N–H and O–H groups in total. The zero-order chi connectivity index (χ0) is 33.7. The maximum atomic E-state index is 12.8. The van der Waals surface area contributed by atoms with Crippen LogP contribution >= 0.6 is 11.3 Å². The van der Waals surface area contributed by atoms with E-state index in [9.17, 15) is 18.0 Å². The summed E-state index contributed by atoms with van der Waals surface area (Å²) in [6.45, 7) is 11.1. The van der Waals surface area contributed by atoms with Gasteiger partial charge in [-0.3, -0.25) is 4.57 Å². The van der Waals surface area contributed by atoms with Crippen LogP contribution < -0.4 is 14.9 Å². The third kappa shape index (κ3) is 8.76. The first kappa shape index (κ1) is 33.6. The van der Waals surface area contributed by atoms with Gasteiger partial charge in [-0.2, -0.15) is 4.99 Å². The highest BCUT2D eigenvalue weighted by molar-refractivity contribution is 7.07. The molecule has 0 aliphatic heterocycles. The molecule has 0 spiro atoms. The first-order chi connectivity index (χ1) is 22.4. The van der Waals surface area contributed by atoms with E-state index in [1.807, 2.05) is 36.6 Å². The van der Waals surface area contributed by atoms with Gasteiger partial charge in [0.1, 0.15) is 12.1 Å². The van der Waals surface area contributed by atoms with Crippen LogP contribution in [0.4, 0.5) is 18.0 Å². The van der Waals surface area contributed by atoms with E-state index < -0.39 is 6.36 Å². The van der Waals surface area contributed by atoms with Crippen LogP contribution in [0, 0.1) is 19.8 Å². The Bertz CT molecular complexity index is 1890. The summed E-state index contributed by atoms with van der Waals surface area (Å²) in [5, 5.41) is 9.44. The smallest absolute Gasteiger partial charge is 0.406 e. The number of thiazole rings is 1. The van der Waals surface area contributed by atoms with Crippen molar-refractivity contribution in [2.24, 2.45) is 10.9 Å². The van der Waals surface area contributed by atoms with E-state index in [0.717, 1.165) is 40.9 Å². The van der Waals surface area contributed by atoms with Crippen molar-refractivity contribution in [1.82, 2.24) is 24.6 Å². The van der Waals surface area contributed by atoms with Gasteiger partial charge < -0.3 is 10.1 Å². The van der Waals surface area contributed by atoms with Crippen molar-refractivity contribution in [3.05, 3.63) is 106 Å². The number of benzene rings is 3. The fraction of sp³-hybridized carbons (Fsp3) is 0.314. The number of hydrogen-bond donors (Lipinski definition) is 1. The third-order valence-corrected chi connectivity index (χ3v) is 8.60. The highest BCUT2D eigenvalue weighted by Gasteiger charge is 2.31.